The van der Waals surface area contributed by atoms with Crippen molar-refractivity contribution in [1.29, 1.82) is 0 Å². The van der Waals surface area contributed by atoms with E-state index in [0.29, 0.717) is 17.5 Å². The molecule has 3 amide bonds. The maximum atomic E-state index is 14.9. The molecule has 3 unspecified atom stereocenters. The molecule has 0 bridgehead atoms. The lowest BCUT2D eigenvalue weighted by Crippen LogP contribution is -2.55. The minimum atomic E-state index is -1.15. The van der Waals surface area contributed by atoms with Crippen LogP contribution in [0.4, 0.5) is 4.79 Å². The van der Waals surface area contributed by atoms with Crippen LogP contribution in [0.5, 0.6) is 5.75 Å². The normalized spacial score (nSPS) is 13.3. The van der Waals surface area contributed by atoms with Crippen LogP contribution in [-0.2, 0) is 36.7 Å². The lowest BCUT2D eigenvalue weighted by molar-refractivity contribution is -0.159. The zero-order valence-electron chi connectivity index (χ0n) is 31.8. The van der Waals surface area contributed by atoms with E-state index in [-0.39, 0.29) is 25.1 Å². The number of amides is 3. The highest BCUT2D eigenvalue weighted by Crippen LogP contribution is 2.26. The highest BCUT2D eigenvalue weighted by Gasteiger charge is 2.38. The van der Waals surface area contributed by atoms with Gasteiger partial charge in [-0.05, 0) is 76.8 Å². The highest BCUT2D eigenvalue weighted by molar-refractivity contribution is 5.94. The number of rotatable bonds is 17. The van der Waals surface area contributed by atoms with E-state index in [1.807, 2.05) is 36.4 Å². The molecule has 0 fully saturated rings. The first-order chi connectivity index (χ1) is 24.6. The van der Waals surface area contributed by atoms with Gasteiger partial charge in [0.05, 0.1) is 0 Å². The second-order valence-corrected chi connectivity index (χ2v) is 15.1. The van der Waals surface area contributed by atoms with Gasteiger partial charge in [0.2, 0.25) is 11.8 Å². The van der Waals surface area contributed by atoms with Crippen LogP contribution >= 0.6 is 0 Å². The Balaban J connectivity index is 2.09. The maximum Gasteiger partial charge on any atom is 0.408 e. The van der Waals surface area contributed by atoms with Crippen LogP contribution < -0.4 is 10.6 Å². The standard InChI is InChI=1S/C42H57N3O7/c1-8-9-10-11-18-27-45(38(48)34(44-40(50)52-42(5,6)7)28-31-23-25-33(46)26-24-31)36(32-21-16-13-17-22-32)37(47)43-35(39(49)51-41(2,3)4)29-30-19-14-12-15-20-30/h12-17,19-26,34-36,46H,8-11,18,27-29H2,1-7H3,(H,43,47)(H,44,50). The second-order valence-electron chi connectivity index (χ2n) is 15.1. The molecule has 0 aliphatic heterocycles. The van der Waals surface area contributed by atoms with Crippen LogP contribution in [0.3, 0.4) is 0 Å². The fourth-order valence-electron chi connectivity index (χ4n) is 5.74. The number of carbonyl (C=O) groups excluding carboxylic acids is 4. The van der Waals surface area contributed by atoms with Crippen molar-refractivity contribution in [2.45, 2.75) is 123 Å². The topological polar surface area (TPSA) is 134 Å². The molecule has 0 saturated heterocycles. The molecule has 10 nitrogen and oxygen atoms in total. The third-order valence-electron chi connectivity index (χ3n) is 8.12. The summed E-state index contributed by atoms with van der Waals surface area (Å²) in [5, 5.41) is 15.6. The van der Waals surface area contributed by atoms with Gasteiger partial charge in [0.15, 0.2) is 0 Å². The molecule has 0 aliphatic rings. The van der Waals surface area contributed by atoms with Gasteiger partial charge in [0.1, 0.15) is 35.1 Å². The van der Waals surface area contributed by atoms with Gasteiger partial charge >= 0.3 is 12.1 Å². The Hall–Kier alpha value is -4.86. The summed E-state index contributed by atoms with van der Waals surface area (Å²) in [6.07, 6.45) is 3.96. The molecule has 0 radical (unpaired) electrons. The fraction of sp³-hybridized carbons (Fsp3) is 0.476. The number of unbranched alkanes of at least 4 members (excludes halogenated alkanes) is 4. The number of nitrogens with one attached hydrogen (secondary N) is 2. The Kier molecular flexibility index (Phi) is 15.7. The Morgan fingerprint density at radius 3 is 1.79 bits per heavy atom. The summed E-state index contributed by atoms with van der Waals surface area (Å²) in [6.45, 7) is 12.8. The number of alkyl carbamates (subject to hydrolysis) is 1. The summed E-state index contributed by atoms with van der Waals surface area (Å²) in [5.41, 5.74) is 0.435. The van der Waals surface area contributed by atoms with Crippen LogP contribution in [0.2, 0.25) is 0 Å². The van der Waals surface area contributed by atoms with Crippen molar-refractivity contribution in [3.63, 3.8) is 0 Å². The van der Waals surface area contributed by atoms with E-state index in [2.05, 4.69) is 17.6 Å². The van der Waals surface area contributed by atoms with E-state index >= 15 is 0 Å². The minimum absolute atomic E-state index is 0.0660. The molecule has 3 aromatic rings. The van der Waals surface area contributed by atoms with Gasteiger partial charge in [-0.15, -0.1) is 0 Å². The predicted octanol–water partition coefficient (Wildman–Crippen LogP) is 7.44. The van der Waals surface area contributed by atoms with Crippen molar-refractivity contribution in [3.8, 4) is 5.75 Å². The zero-order valence-corrected chi connectivity index (χ0v) is 31.8. The third-order valence-corrected chi connectivity index (χ3v) is 8.12. The average Bonchev–Trinajstić information content (AvgIpc) is 3.07. The molecular formula is C42H57N3O7. The molecule has 3 N–H and O–H groups in total. The summed E-state index contributed by atoms with van der Waals surface area (Å²) in [6, 6.07) is 21.4. The number of benzene rings is 3. The number of phenolic OH excluding ortho intramolecular Hbond substituents is 1. The summed E-state index contributed by atoms with van der Waals surface area (Å²) >= 11 is 0. The van der Waals surface area contributed by atoms with Crippen LogP contribution in [-0.4, -0.2) is 63.7 Å². The van der Waals surface area contributed by atoms with Crippen LogP contribution in [0.1, 0.15) is 103 Å². The maximum absolute atomic E-state index is 14.9. The van der Waals surface area contributed by atoms with Crippen molar-refractivity contribution in [3.05, 3.63) is 102 Å². The average molecular weight is 716 g/mol. The summed E-state index contributed by atoms with van der Waals surface area (Å²) in [4.78, 5) is 57.9. The molecule has 3 rings (SSSR count). The predicted molar refractivity (Wildman–Crippen MR) is 203 cm³/mol. The number of hydrogen-bond donors (Lipinski definition) is 3. The van der Waals surface area contributed by atoms with Crippen molar-refractivity contribution in [1.82, 2.24) is 15.5 Å². The smallest absolute Gasteiger partial charge is 0.408 e. The largest absolute Gasteiger partial charge is 0.508 e. The molecule has 0 spiro atoms. The van der Waals surface area contributed by atoms with Gasteiger partial charge in [-0.25, -0.2) is 9.59 Å². The van der Waals surface area contributed by atoms with Gasteiger partial charge in [-0.1, -0.05) is 105 Å². The molecule has 0 aliphatic carbocycles. The molecule has 282 valence electrons. The number of hydrogen-bond acceptors (Lipinski definition) is 7. The fourth-order valence-corrected chi connectivity index (χ4v) is 5.74. The number of phenols is 1. The first kappa shape index (κ1) is 41.6. The summed E-state index contributed by atoms with van der Waals surface area (Å²) in [5.74, 6) is -1.57. The highest BCUT2D eigenvalue weighted by atomic mass is 16.6. The first-order valence-corrected chi connectivity index (χ1v) is 18.3. The van der Waals surface area contributed by atoms with Crippen molar-refractivity contribution < 1.29 is 33.8 Å². The van der Waals surface area contributed by atoms with Crippen LogP contribution in [0.15, 0.2) is 84.9 Å². The van der Waals surface area contributed by atoms with E-state index in [1.165, 1.54) is 17.0 Å². The van der Waals surface area contributed by atoms with Crippen LogP contribution in [0.25, 0.3) is 0 Å². The van der Waals surface area contributed by atoms with Crippen molar-refractivity contribution >= 4 is 23.9 Å². The number of esters is 1. The number of carbonyl (C=O) groups is 4. The van der Waals surface area contributed by atoms with Gasteiger partial charge in [0, 0.05) is 19.4 Å². The van der Waals surface area contributed by atoms with E-state index in [9.17, 15) is 24.3 Å². The Labute approximate surface area is 309 Å². The van der Waals surface area contributed by atoms with Gasteiger partial charge < -0.3 is 30.1 Å². The molecule has 52 heavy (non-hydrogen) atoms. The van der Waals surface area contributed by atoms with Crippen molar-refractivity contribution in [2.75, 3.05) is 6.54 Å². The van der Waals surface area contributed by atoms with Crippen molar-refractivity contribution in [2.24, 2.45) is 0 Å². The first-order valence-electron chi connectivity index (χ1n) is 18.3. The Bertz CT molecular complexity index is 1570. The lowest BCUT2D eigenvalue weighted by Gasteiger charge is -2.35. The van der Waals surface area contributed by atoms with E-state index in [0.717, 1.165) is 31.2 Å². The molecule has 0 aromatic heterocycles. The molecule has 0 heterocycles. The molecular weight excluding hydrogens is 658 g/mol. The quantitative estimate of drug-likeness (QED) is 0.0977. The number of aromatic hydroxyl groups is 1. The number of ether oxygens (including phenoxy) is 2. The summed E-state index contributed by atoms with van der Waals surface area (Å²) < 4.78 is 11.3. The minimum Gasteiger partial charge on any atom is -0.508 e. The van der Waals surface area contributed by atoms with E-state index in [4.69, 9.17) is 9.47 Å². The molecule has 10 heteroatoms. The molecule has 3 atom stereocenters. The van der Waals surface area contributed by atoms with E-state index in [1.54, 1.807) is 77.9 Å². The zero-order chi connectivity index (χ0) is 38.3. The number of nitrogens with zero attached hydrogens (tertiary/aromatic N) is 1. The molecule has 0 saturated carbocycles. The lowest BCUT2D eigenvalue weighted by atomic mass is 9.98. The van der Waals surface area contributed by atoms with Gasteiger partial charge in [-0.2, -0.15) is 0 Å². The van der Waals surface area contributed by atoms with E-state index < -0.39 is 53.2 Å². The third kappa shape index (κ3) is 14.4. The Morgan fingerprint density at radius 1 is 0.673 bits per heavy atom. The van der Waals surface area contributed by atoms with Gasteiger partial charge in [-0.3, -0.25) is 9.59 Å². The second kappa shape index (κ2) is 19.7. The summed E-state index contributed by atoms with van der Waals surface area (Å²) in [7, 11) is 0. The molecule has 3 aromatic carbocycles. The monoisotopic (exact) mass is 715 g/mol. The SMILES string of the molecule is CCCCCCCN(C(=O)C(Cc1ccc(O)cc1)NC(=O)OC(C)(C)C)C(C(=O)NC(Cc1ccccc1)C(=O)OC(C)(C)C)c1ccccc1. The van der Waals surface area contributed by atoms with Gasteiger partial charge in [0.25, 0.3) is 0 Å². The Morgan fingerprint density at radius 2 is 1.21 bits per heavy atom. The van der Waals surface area contributed by atoms with Crippen LogP contribution in [0, 0.1) is 0 Å².